The predicted molar refractivity (Wildman–Crippen MR) is 97.4 cm³/mol. The molecule has 1 aliphatic heterocycles. The van der Waals surface area contributed by atoms with E-state index >= 15 is 0 Å². The highest BCUT2D eigenvalue weighted by Gasteiger charge is 2.22. The van der Waals surface area contributed by atoms with Gasteiger partial charge in [0.25, 0.3) is 0 Å². The van der Waals surface area contributed by atoms with Crippen LogP contribution in [0.5, 0.6) is 5.75 Å². The molecule has 0 bridgehead atoms. The first-order valence-corrected chi connectivity index (χ1v) is 8.70. The minimum Gasteiger partial charge on any atom is -0.507 e. The van der Waals surface area contributed by atoms with Crippen LogP contribution in [0.1, 0.15) is 18.4 Å². The minimum atomic E-state index is -0.828. The lowest BCUT2D eigenvalue weighted by Crippen LogP contribution is -2.44. The number of anilines is 1. The van der Waals surface area contributed by atoms with Crippen LogP contribution in [0, 0.1) is 6.92 Å². The van der Waals surface area contributed by atoms with E-state index < -0.39 is 5.97 Å². The average Bonchev–Trinajstić information content (AvgIpc) is 2.55. The summed E-state index contributed by atoms with van der Waals surface area (Å²) in [5.41, 5.74) is 1.79. The number of piperidine rings is 1. The second kappa shape index (κ2) is 7.84. The molecule has 1 unspecified atom stereocenters. The Labute approximate surface area is 155 Å². The number of likely N-dealkylation sites (tertiary alicyclic amines) is 1. The van der Waals surface area contributed by atoms with Crippen LogP contribution < -0.4 is 5.32 Å². The summed E-state index contributed by atoms with van der Waals surface area (Å²) in [6, 6.07) is 3.27. The number of aryl methyl sites for hydroxylation is 1. The summed E-state index contributed by atoms with van der Waals surface area (Å²) >= 11 is 5.92. The molecule has 1 fully saturated rings. The number of aromatic hydroxyl groups is 1. The lowest BCUT2D eigenvalue weighted by atomic mass is 10.1. The maximum atomic E-state index is 10.9. The molecule has 0 aliphatic carbocycles. The van der Waals surface area contributed by atoms with Crippen molar-refractivity contribution < 1.29 is 15.0 Å². The van der Waals surface area contributed by atoms with E-state index in [9.17, 15) is 9.90 Å². The number of nitrogens with zero attached hydrogens (tertiary/aromatic N) is 4. The molecule has 2 aromatic rings. The summed E-state index contributed by atoms with van der Waals surface area (Å²) in [6.07, 6.45) is 3.37. The molecule has 26 heavy (non-hydrogen) atoms. The van der Waals surface area contributed by atoms with E-state index in [1.807, 2.05) is 11.8 Å². The SMILES string of the molecule is Cc1cc(Cl)cc(O)c1-c1cnc(NC2CCCN(CC(=O)O)C2)nn1. The van der Waals surface area contributed by atoms with Gasteiger partial charge >= 0.3 is 5.97 Å². The number of carboxylic acid groups (broad SMARTS) is 1. The normalized spacial score (nSPS) is 17.8. The van der Waals surface area contributed by atoms with Gasteiger partial charge in [-0.3, -0.25) is 9.69 Å². The number of nitrogens with one attached hydrogen (secondary N) is 1. The van der Waals surface area contributed by atoms with Crippen LogP contribution in [-0.4, -0.2) is 61.9 Å². The van der Waals surface area contributed by atoms with Gasteiger partial charge in [-0.15, -0.1) is 10.2 Å². The fourth-order valence-electron chi connectivity index (χ4n) is 3.21. The third-order valence-electron chi connectivity index (χ3n) is 4.29. The van der Waals surface area contributed by atoms with Crippen molar-refractivity contribution in [1.29, 1.82) is 0 Å². The average molecular weight is 378 g/mol. The molecule has 1 saturated heterocycles. The molecule has 8 nitrogen and oxygen atoms in total. The van der Waals surface area contributed by atoms with Crippen molar-refractivity contribution in [3.8, 4) is 17.0 Å². The molecule has 9 heteroatoms. The molecule has 0 radical (unpaired) electrons. The monoisotopic (exact) mass is 377 g/mol. The van der Waals surface area contributed by atoms with Gasteiger partial charge in [0.05, 0.1) is 12.7 Å². The highest BCUT2D eigenvalue weighted by atomic mass is 35.5. The number of aromatic nitrogens is 3. The van der Waals surface area contributed by atoms with Crippen LogP contribution in [0.25, 0.3) is 11.3 Å². The number of rotatable bonds is 5. The lowest BCUT2D eigenvalue weighted by Gasteiger charge is -2.31. The van der Waals surface area contributed by atoms with Gasteiger partial charge in [0.1, 0.15) is 11.4 Å². The fourth-order valence-corrected chi connectivity index (χ4v) is 3.47. The molecule has 1 aromatic carbocycles. The van der Waals surface area contributed by atoms with Crippen molar-refractivity contribution in [2.24, 2.45) is 0 Å². The highest BCUT2D eigenvalue weighted by molar-refractivity contribution is 6.31. The van der Waals surface area contributed by atoms with Crippen molar-refractivity contribution in [3.63, 3.8) is 0 Å². The van der Waals surface area contributed by atoms with Gasteiger partial charge in [-0.25, -0.2) is 4.98 Å². The zero-order valence-electron chi connectivity index (χ0n) is 14.3. The van der Waals surface area contributed by atoms with Crippen LogP contribution in [0.4, 0.5) is 5.95 Å². The van der Waals surface area contributed by atoms with E-state index in [1.165, 1.54) is 6.07 Å². The molecule has 3 N–H and O–H groups in total. The molecule has 1 aromatic heterocycles. The first-order valence-electron chi connectivity index (χ1n) is 8.32. The van der Waals surface area contributed by atoms with E-state index in [1.54, 1.807) is 12.3 Å². The molecule has 2 heterocycles. The molecule has 0 saturated carbocycles. The Morgan fingerprint density at radius 3 is 2.88 bits per heavy atom. The second-order valence-corrected chi connectivity index (χ2v) is 6.83. The van der Waals surface area contributed by atoms with Crippen LogP contribution in [-0.2, 0) is 4.79 Å². The van der Waals surface area contributed by atoms with Gasteiger partial charge < -0.3 is 15.5 Å². The van der Waals surface area contributed by atoms with Gasteiger partial charge in [-0.05, 0) is 44.0 Å². The van der Waals surface area contributed by atoms with Crippen molar-refractivity contribution in [1.82, 2.24) is 20.1 Å². The number of hydrogen-bond donors (Lipinski definition) is 3. The molecule has 1 atom stereocenters. The molecular formula is C17H20ClN5O3. The Morgan fingerprint density at radius 2 is 2.23 bits per heavy atom. The number of hydrogen-bond acceptors (Lipinski definition) is 7. The third kappa shape index (κ3) is 4.39. The van der Waals surface area contributed by atoms with Crippen LogP contribution in [0.3, 0.4) is 0 Å². The van der Waals surface area contributed by atoms with Crippen LogP contribution in [0.15, 0.2) is 18.3 Å². The van der Waals surface area contributed by atoms with Crippen LogP contribution >= 0.6 is 11.6 Å². The van der Waals surface area contributed by atoms with Crippen molar-refractivity contribution in [3.05, 3.63) is 28.9 Å². The van der Waals surface area contributed by atoms with Crippen molar-refractivity contribution in [2.75, 3.05) is 25.0 Å². The van der Waals surface area contributed by atoms with Gasteiger partial charge in [0.2, 0.25) is 5.95 Å². The molecule has 0 spiro atoms. The second-order valence-electron chi connectivity index (χ2n) is 6.40. The molecular weight excluding hydrogens is 358 g/mol. The summed E-state index contributed by atoms with van der Waals surface area (Å²) in [6.45, 7) is 3.26. The van der Waals surface area contributed by atoms with Gasteiger partial charge in [-0.2, -0.15) is 0 Å². The van der Waals surface area contributed by atoms with E-state index in [-0.39, 0.29) is 18.3 Å². The van der Waals surface area contributed by atoms with Gasteiger partial charge in [0, 0.05) is 23.2 Å². The summed E-state index contributed by atoms with van der Waals surface area (Å²) < 4.78 is 0. The fraction of sp³-hybridized carbons (Fsp3) is 0.412. The van der Waals surface area contributed by atoms with E-state index in [4.69, 9.17) is 16.7 Å². The van der Waals surface area contributed by atoms with Gasteiger partial charge in [-0.1, -0.05) is 11.6 Å². The summed E-state index contributed by atoms with van der Waals surface area (Å²) in [7, 11) is 0. The number of phenolic OH excluding ortho intramolecular Hbond substituents is 1. The molecule has 3 rings (SSSR count). The molecule has 0 amide bonds. The number of phenols is 1. The zero-order chi connectivity index (χ0) is 18.7. The quantitative estimate of drug-likeness (QED) is 0.726. The Hall–Kier alpha value is -2.45. The third-order valence-corrected chi connectivity index (χ3v) is 4.51. The number of halogens is 1. The largest absolute Gasteiger partial charge is 0.507 e. The van der Waals surface area contributed by atoms with Crippen LogP contribution in [0.2, 0.25) is 5.02 Å². The highest BCUT2D eigenvalue weighted by Crippen LogP contribution is 2.33. The number of benzene rings is 1. The van der Waals surface area contributed by atoms with Crippen molar-refractivity contribution in [2.45, 2.75) is 25.8 Å². The Kier molecular flexibility index (Phi) is 5.53. The predicted octanol–water partition coefficient (Wildman–Crippen LogP) is 2.17. The Bertz CT molecular complexity index is 776. The smallest absolute Gasteiger partial charge is 0.317 e. The van der Waals surface area contributed by atoms with E-state index in [2.05, 4.69) is 20.5 Å². The number of carboxylic acids is 1. The van der Waals surface area contributed by atoms with Crippen molar-refractivity contribution >= 4 is 23.5 Å². The first-order chi connectivity index (χ1) is 12.4. The Balaban J connectivity index is 1.69. The minimum absolute atomic E-state index is 0.0309. The Morgan fingerprint density at radius 1 is 1.42 bits per heavy atom. The lowest BCUT2D eigenvalue weighted by molar-refractivity contribution is -0.138. The standard InChI is InChI=1S/C17H20ClN5O3/c1-10-5-11(18)6-14(24)16(10)13-7-19-17(22-21-13)20-12-3-2-4-23(8-12)9-15(25)26/h5-7,12,24H,2-4,8-9H2,1H3,(H,25,26)(H,19,20,22). The molecule has 138 valence electrons. The summed E-state index contributed by atoms with van der Waals surface area (Å²) in [5.74, 6) is -0.420. The number of aliphatic carboxylic acids is 1. The summed E-state index contributed by atoms with van der Waals surface area (Å²) in [5, 5.41) is 30.9. The zero-order valence-corrected chi connectivity index (χ0v) is 15.1. The van der Waals surface area contributed by atoms with E-state index in [0.29, 0.717) is 28.8 Å². The number of carbonyl (C=O) groups is 1. The topological polar surface area (TPSA) is 111 Å². The molecule has 1 aliphatic rings. The first kappa shape index (κ1) is 18.3. The van der Waals surface area contributed by atoms with E-state index in [0.717, 1.165) is 24.9 Å². The maximum absolute atomic E-state index is 10.9. The summed E-state index contributed by atoms with van der Waals surface area (Å²) in [4.78, 5) is 17.0. The maximum Gasteiger partial charge on any atom is 0.317 e. The van der Waals surface area contributed by atoms with Gasteiger partial charge in [0.15, 0.2) is 0 Å².